The predicted octanol–water partition coefficient (Wildman–Crippen LogP) is 0.170. The Balaban J connectivity index is -0.0000000349. The molecule has 16 heavy (non-hydrogen) atoms. The number of hydrogen-bond acceptors (Lipinski definition) is 2. The van der Waals surface area contributed by atoms with Gasteiger partial charge in [0.15, 0.2) is 0 Å². The van der Waals surface area contributed by atoms with Crippen LogP contribution in [0.25, 0.3) is 0 Å². The molecule has 0 saturated heterocycles. The first kappa shape index (κ1) is 30.8. The molecule has 0 saturated carbocycles. The van der Waals surface area contributed by atoms with Crippen molar-refractivity contribution in [2.45, 2.75) is 34.1 Å². The van der Waals surface area contributed by atoms with Crippen molar-refractivity contribution in [2.24, 2.45) is 0 Å². The van der Waals surface area contributed by atoms with Crippen molar-refractivity contribution in [2.75, 3.05) is 0 Å². The molecule has 0 amide bonds. The zero-order valence-corrected chi connectivity index (χ0v) is 12.5. The molecule has 0 aromatic carbocycles. The second kappa shape index (κ2) is 19.4. The molecule has 0 aliphatic rings. The Hall–Kier alpha value is 2.06. The van der Waals surface area contributed by atoms with Gasteiger partial charge >= 0.3 is 43.0 Å². The Morgan fingerprint density at radius 1 is 0.750 bits per heavy atom. The average Bonchev–Trinajstić information content (AvgIpc) is 1.84. The summed E-state index contributed by atoms with van der Waals surface area (Å²) in [5, 5.41) is 0. The molecule has 0 atom stereocenters. The van der Waals surface area contributed by atoms with Crippen molar-refractivity contribution >= 4 is 66.6 Å². The summed E-state index contributed by atoms with van der Waals surface area (Å²) in [6.07, 6.45) is 1.25. The first-order valence-corrected chi connectivity index (χ1v) is 9.30. The van der Waals surface area contributed by atoms with Crippen molar-refractivity contribution in [1.82, 2.24) is 0 Å². The normalized spacial score (nSPS) is 8.88. The third-order valence-corrected chi connectivity index (χ3v) is 0. The van der Waals surface area contributed by atoms with E-state index in [9.17, 15) is 0 Å². The molecule has 0 aromatic rings. The van der Waals surface area contributed by atoms with Gasteiger partial charge in [0.05, 0.1) is 0 Å². The maximum absolute atomic E-state index is 7.56. The molecular weight excluding hydrogens is 305 g/mol. The van der Waals surface area contributed by atoms with Crippen LogP contribution in [0.2, 0.25) is 0 Å². The summed E-state index contributed by atoms with van der Waals surface area (Å²) in [5.41, 5.74) is 0. The fourth-order valence-electron chi connectivity index (χ4n) is 0. The van der Waals surface area contributed by atoms with Gasteiger partial charge in [0, 0.05) is 0 Å². The van der Waals surface area contributed by atoms with Crippen molar-refractivity contribution in [3.63, 3.8) is 0 Å². The summed E-state index contributed by atoms with van der Waals surface area (Å²) in [6, 6.07) is 0. The first-order valence-electron chi connectivity index (χ1n) is 3.98. The van der Waals surface area contributed by atoms with Crippen LogP contribution >= 0.6 is 13.4 Å². The van der Waals surface area contributed by atoms with E-state index in [0.29, 0.717) is 0 Å². The molecule has 0 unspecified atom stereocenters. The van der Waals surface area contributed by atoms with E-state index in [0.717, 1.165) is 0 Å². The van der Waals surface area contributed by atoms with E-state index < -0.39 is 13.4 Å². The SMILES string of the molecule is CC.CCC.OP(O)(O)=S.OP(O)(O)=S.[NaH]. The molecule has 0 spiro atoms. The van der Waals surface area contributed by atoms with Gasteiger partial charge in [-0.25, -0.2) is 0 Å². The minimum absolute atomic E-state index is 0. The molecule has 0 aliphatic carbocycles. The van der Waals surface area contributed by atoms with Crippen LogP contribution in [0, 0.1) is 0 Å². The van der Waals surface area contributed by atoms with Crippen molar-refractivity contribution in [3.05, 3.63) is 0 Å². The Morgan fingerprint density at radius 2 is 0.750 bits per heavy atom. The standard InChI is InChI=1S/C3H8.C2H6.Na.2H3O3PS.H/c1-3-2;1-2;;2*1-4(2,3)5;/h3H2,1-2H3;1-2H3;;2*(H3,1,2,3,5);. The van der Waals surface area contributed by atoms with Gasteiger partial charge < -0.3 is 29.4 Å². The summed E-state index contributed by atoms with van der Waals surface area (Å²) in [7, 11) is 0. The zero-order chi connectivity index (χ0) is 13.7. The fraction of sp³-hybridized carbons (Fsp3) is 1.00. The van der Waals surface area contributed by atoms with E-state index in [1.807, 2.05) is 13.8 Å². The minimum atomic E-state index is -3.81. The molecule has 100 valence electrons. The quantitative estimate of drug-likeness (QED) is 0.275. The van der Waals surface area contributed by atoms with E-state index in [4.69, 9.17) is 29.4 Å². The third-order valence-electron chi connectivity index (χ3n) is 0. The second-order valence-corrected chi connectivity index (χ2v) is 6.73. The Labute approximate surface area is 129 Å². The van der Waals surface area contributed by atoms with E-state index in [1.54, 1.807) is 0 Å². The molecule has 0 bridgehead atoms. The Bertz CT molecular complexity index is 157. The van der Waals surface area contributed by atoms with E-state index in [-0.39, 0.29) is 29.6 Å². The van der Waals surface area contributed by atoms with Gasteiger partial charge in [-0.15, -0.1) is 0 Å². The van der Waals surface area contributed by atoms with Crippen LogP contribution in [0.3, 0.4) is 0 Å². The average molecular weight is 326 g/mol. The van der Waals surface area contributed by atoms with Crippen molar-refractivity contribution in [3.8, 4) is 0 Å². The summed E-state index contributed by atoms with van der Waals surface area (Å²) in [4.78, 5) is 45.3. The molecule has 0 aromatic heterocycles. The maximum atomic E-state index is 7.56. The molecule has 6 N–H and O–H groups in total. The first-order chi connectivity index (χ1) is 6.41. The zero-order valence-electron chi connectivity index (χ0n) is 9.10. The Kier molecular flexibility index (Phi) is 37.4. The Morgan fingerprint density at radius 3 is 0.750 bits per heavy atom. The van der Waals surface area contributed by atoms with Gasteiger partial charge in [-0.2, -0.15) is 0 Å². The van der Waals surface area contributed by atoms with E-state index >= 15 is 0 Å². The van der Waals surface area contributed by atoms with Crippen LogP contribution in [-0.4, -0.2) is 58.9 Å². The molecule has 11 heteroatoms. The summed E-state index contributed by atoms with van der Waals surface area (Å²) in [5.74, 6) is 0. The number of rotatable bonds is 0. The van der Waals surface area contributed by atoms with E-state index in [1.165, 1.54) is 6.42 Å². The van der Waals surface area contributed by atoms with Gasteiger partial charge in [-0.3, -0.25) is 0 Å². The van der Waals surface area contributed by atoms with E-state index in [2.05, 4.69) is 37.5 Å². The molecule has 0 rings (SSSR count). The predicted molar refractivity (Wildman–Crippen MR) is 76.3 cm³/mol. The van der Waals surface area contributed by atoms with Crippen molar-refractivity contribution < 1.29 is 29.4 Å². The molecule has 0 radical (unpaired) electrons. The third kappa shape index (κ3) is 858. The van der Waals surface area contributed by atoms with Gasteiger partial charge in [-0.1, -0.05) is 34.1 Å². The van der Waals surface area contributed by atoms with Crippen LogP contribution in [0.5, 0.6) is 0 Å². The number of hydrogen-bond donors (Lipinski definition) is 6. The second-order valence-electron chi connectivity index (χ2n) is 1.73. The van der Waals surface area contributed by atoms with Crippen LogP contribution < -0.4 is 0 Å². The summed E-state index contributed by atoms with van der Waals surface area (Å²) in [6.45, 7) is 0.639. The van der Waals surface area contributed by atoms with Gasteiger partial charge in [0.1, 0.15) is 0 Å². The molecule has 0 fully saturated rings. The molecule has 0 heterocycles. The molecule has 6 nitrogen and oxygen atoms in total. The van der Waals surface area contributed by atoms with Crippen molar-refractivity contribution in [1.29, 1.82) is 0 Å². The van der Waals surface area contributed by atoms with Crippen LogP contribution in [0.15, 0.2) is 0 Å². The summed E-state index contributed by atoms with van der Waals surface area (Å²) >= 11 is 7.21. The van der Waals surface area contributed by atoms with Crippen LogP contribution in [-0.2, 0) is 23.6 Å². The summed E-state index contributed by atoms with van der Waals surface area (Å²) < 4.78 is 0. The van der Waals surface area contributed by atoms with Gasteiger partial charge in [0.25, 0.3) is 0 Å². The van der Waals surface area contributed by atoms with Gasteiger partial charge in [-0.05, 0) is 23.6 Å². The topological polar surface area (TPSA) is 121 Å². The van der Waals surface area contributed by atoms with Crippen LogP contribution in [0.4, 0.5) is 0 Å². The monoisotopic (exact) mass is 326 g/mol. The fourth-order valence-corrected chi connectivity index (χ4v) is 0. The van der Waals surface area contributed by atoms with Gasteiger partial charge in [0.2, 0.25) is 0 Å². The molecule has 0 aliphatic heterocycles. The van der Waals surface area contributed by atoms with Crippen LogP contribution in [0.1, 0.15) is 34.1 Å². The molecular formula is C5H21NaO6P2S2.